The van der Waals surface area contributed by atoms with Gasteiger partial charge >= 0.3 is 5.97 Å². The second kappa shape index (κ2) is 8.93. The average Bonchev–Trinajstić information content (AvgIpc) is 2.38. The molecule has 20 heavy (non-hydrogen) atoms. The molecule has 0 saturated heterocycles. The summed E-state index contributed by atoms with van der Waals surface area (Å²) in [5.41, 5.74) is 0.873. The fraction of sp³-hybridized carbons (Fsp3) is 0.765. The molecule has 114 valence electrons. The van der Waals surface area contributed by atoms with E-state index in [2.05, 4.69) is 6.92 Å². The summed E-state index contributed by atoms with van der Waals surface area (Å²) < 4.78 is 5.17. The topological polar surface area (TPSA) is 43.4 Å². The molecule has 0 radical (unpaired) electrons. The minimum absolute atomic E-state index is 0.133. The maximum Gasteiger partial charge on any atom is 0.313 e. The Balaban J connectivity index is 2.58. The number of hydrogen-bond donors (Lipinski definition) is 0. The zero-order valence-electron chi connectivity index (χ0n) is 13.1. The van der Waals surface area contributed by atoms with Crippen LogP contribution in [0.5, 0.6) is 0 Å². The molecule has 1 aliphatic rings. The molecule has 0 heterocycles. The molecule has 0 aromatic heterocycles. The number of allylic oxidation sites excluding steroid dienone is 1. The monoisotopic (exact) mass is 280 g/mol. The highest BCUT2D eigenvalue weighted by Gasteiger charge is 2.35. The first-order chi connectivity index (χ1) is 9.60. The molecule has 0 spiro atoms. The molecule has 0 N–H and O–H groups in total. The van der Waals surface area contributed by atoms with Crippen LogP contribution in [0, 0.1) is 11.8 Å². The fourth-order valence-electron chi connectivity index (χ4n) is 3.04. The van der Waals surface area contributed by atoms with Crippen LogP contribution < -0.4 is 0 Å². The molecule has 0 aromatic rings. The Morgan fingerprint density at radius 1 is 1.25 bits per heavy atom. The average molecular weight is 280 g/mol. The minimum atomic E-state index is -0.209. The van der Waals surface area contributed by atoms with Gasteiger partial charge in [-0.25, -0.2) is 0 Å². The van der Waals surface area contributed by atoms with Gasteiger partial charge in [0.15, 0.2) is 5.78 Å². The highest BCUT2D eigenvalue weighted by Crippen LogP contribution is 2.33. The number of esters is 1. The Labute approximate surface area is 122 Å². The number of carbonyl (C=O) groups excluding carboxylic acids is 2. The Kier molecular flexibility index (Phi) is 7.56. The molecule has 0 aliphatic heterocycles. The van der Waals surface area contributed by atoms with Crippen molar-refractivity contribution in [3.05, 3.63) is 11.6 Å². The number of carbonyl (C=O) groups is 2. The van der Waals surface area contributed by atoms with E-state index in [0.717, 1.165) is 18.4 Å². The van der Waals surface area contributed by atoms with Crippen molar-refractivity contribution < 1.29 is 14.3 Å². The van der Waals surface area contributed by atoms with E-state index in [-0.39, 0.29) is 23.6 Å². The van der Waals surface area contributed by atoms with Crippen molar-refractivity contribution in [2.24, 2.45) is 11.8 Å². The van der Waals surface area contributed by atoms with Crippen molar-refractivity contribution in [3.8, 4) is 0 Å². The van der Waals surface area contributed by atoms with Crippen LogP contribution in [0.3, 0.4) is 0 Å². The lowest BCUT2D eigenvalue weighted by Crippen LogP contribution is -2.32. The van der Waals surface area contributed by atoms with Crippen molar-refractivity contribution in [2.45, 2.75) is 65.7 Å². The second-order valence-corrected chi connectivity index (χ2v) is 5.75. The minimum Gasteiger partial charge on any atom is -0.466 e. The number of ketones is 1. The Morgan fingerprint density at radius 2 is 1.95 bits per heavy atom. The summed E-state index contributed by atoms with van der Waals surface area (Å²) in [6.45, 7) is 6.30. The number of ether oxygens (including phenoxy) is 1. The summed E-state index contributed by atoms with van der Waals surface area (Å²) in [5.74, 6) is -0.0825. The lowest BCUT2D eigenvalue weighted by molar-refractivity contribution is -0.149. The third-order valence-corrected chi connectivity index (χ3v) is 4.03. The molecular formula is C17H28O3. The van der Waals surface area contributed by atoms with E-state index < -0.39 is 0 Å². The predicted molar refractivity (Wildman–Crippen MR) is 80.4 cm³/mol. The summed E-state index contributed by atoms with van der Waals surface area (Å²) in [6.07, 6.45) is 9.10. The molecule has 1 aliphatic carbocycles. The summed E-state index contributed by atoms with van der Waals surface area (Å²) in [4.78, 5) is 23.8. The van der Waals surface area contributed by atoms with E-state index in [4.69, 9.17) is 4.74 Å². The van der Waals surface area contributed by atoms with Crippen molar-refractivity contribution in [1.29, 1.82) is 0 Å². The number of hydrogen-bond acceptors (Lipinski definition) is 3. The number of rotatable bonds is 8. The molecule has 1 rings (SSSR count). The van der Waals surface area contributed by atoms with Crippen LogP contribution in [0.1, 0.15) is 65.7 Å². The second-order valence-electron chi connectivity index (χ2n) is 5.75. The molecule has 0 bridgehead atoms. The van der Waals surface area contributed by atoms with Crippen LogP contribution in [0.4, 0.5) is 0 Å². The standard InChI is InChI=1S/C17H28O3/c1-4-6-7-8-9-10-14-12-15(18)11-13(3)16(14)17(19)20-5-2/h11,14,16H,4-10,12H2,1-3H3/t14-,16+/m0/s1. The van der Waals surface area contributed by atoms with Crippen molar-refractivity contribution in [1.82, 2.24) is 0 Å². The molecule has 0 amide bonds. The first kappa shape index (κ1) is 16.9. The molecule has 0 unspecified atom stereocenters. The first-order valence-corrected chi connectivity index (χ1v) is 7.97. The smallest absolute Gasteiger partial charge is 0.313 e. The Morgan fingerprint density at radius 3 is 2.60 bits per heavy atom. The largest absolute Gasteiger partial charge is 0.466 e. The molecule has 3 heteroatoms. The van der Waals surface area contributed by atoms with Crippen molar-refractivity contribution in [3.63, 3.8) is 0 Å². The Hall–Kier alpha value is -1.12. The summed E-state index contributed by atoms with van der Waals surface area (Å²) in [6, 6.07) is 0. The zero-order valence-corrected chi connectivity index (χ0v) is 13.1. The highest BCUT2D eigenvalue weighted by atomic mass is 16.5. The number of unbranched alkanes of at least 4 members (excludes halogenated alkanes) is 4. The third-order valence-electron chi connectivity index (χ3n) is 4.03. The lowest BCUT2D eigenvalue weighted by atomic mass is 9.76. The van der Waals surface area contributed by atoms with E-state index in [1.807, 2.05) is 13.8 Å². The normalized spacial score (nSPS) is 22.6. The highest BCUT2D eigenvalue weighted by molar-refractivity contribution is 5.94. The van der Waals surface area contributed by atoms with Gasteiger partial charge in [0.25, 0.3) is 0 Å². The first-order valence-electron chi connectivity index (χ1n) is 7.97. The summed E-state index contributed by atoms with van der Waals surface area (Å²) in [5, 5.41) is 0. The summed E-state index contributed by atoms with van der Waals surface area (Å²) >= 11 is 0. The SMILES string of the molecule is CCCCCCC[C@H]1CC(=O)C=C(C)[C@H]1C(=O)OCC. The van der Waals surface area contributed by atoms with Crippen LogP contribution in [-0.2, 0) is 14.3 Å². The quantitative estimate of drug-likeness (QED) is 0.497. The van der Waals surface area contributed by atoms with Crippen molar-refractivity contribution in [2.75, 3.05) is 6.61 Å². The van der Waals surface area contributed by atoms with Gasteiger partial charge in [-0.05, 0) is 32.3 Å². The van der Waals surface area contributed by atoms with Gasteiger partial charge in [-0.1, -0.05) is 44.6 Å². The van der Waals surface area contributed by atoms with Gasteiger partial charge in [-0.3, -0.25) is 9.59 Å². The molecule has 0 aromatic carbocycles. The predicted octanol–water partition coefficient (Wildman–Crippen LogP) is 4.06. The molecule has 0 fully saturated rings. The fourth-order valence-corrected chi connectivity index (χ4v) is 3.04. The van der Waals surface area contributed by atoms with Crippen LogP contribution in [-0.4, -0.2) is 18.4 Å². The van der Waals surface area contributed by atoms with Gasteiger partial charge in [0.1, 0.15) is 0 Å². The molecule has 3 nitrogen and oxygen atoms in total. The lowest BCUT2D eigenvalue weighted by Gasteiger charge is -2.29. The molecule has 2 atom stereocenters. The summed E-state index contributed by atoms with van der Waals surface area (Å²) in [7, 11) is 0. The van der Waals surface area contributed by atoms with Gasteiger partial charge in [0.2, 0.25) is 0 Å². The molecule has 0 saturated carbocycles. The zero-order chi connectivity index (χ0) is 15.0. The van der Waals surface area contributed by atoms with E-state index in [0.29, 0.717) is 13.0 Å². The Bertz CT molecular complexity index is 357. The van der Waals surface area contributed by atoms with Crippen LogP contribution in [0.2, 0.25) is 0 Å². The van der Waals surface area contributed by atoms with E-state index >= 15 is 0 Å². The maximum absolute atomic E-state index is 12.1. The van der Waals surface area contributed by atoms with Crippen LogP contribution >= 0.6 is 0 Å². The van der Waals surface area contributed by atoms with Crippen LogP contribution in [0.15, 0.2) is 11.6 Å². The van der Waals surface area contributed by atoms with Gasteiger partial charge in [0, 0.05) is 6.42 Å². The van der Waals surface area contributed by atoms with Gasteiger partial charge < -0.3 is 4.74 Å². The van der Waals surface area contributed by atoms with Crippen molar-refractivity contribution >= 4 is 11.8 Å². The van der Waals surface area contributed by atoms with Gasteiger partial charge in [-0.15, -0.1) is 0 Å². The van der Waals surface area contributed by atoms with E-state index in [1.165, 1.54) is 25.7 Å². The maximum atomic E-state index is 12.1. The van der Waals surface area contributed by atoms with E-state index in [1.54, 1.807) is 6.08 Å². The third kappa shape index (κ3) is 5.10. The van der Waals surface area contributed by atoms with Gasteiger partial charge in [0.05, 0.1) is 12.5 Å². The van der Waals surface area contributed by atoms with Crippen LogP contribution in [0.25, 0.3) is 0 Å². The van der Waals surface area contributed by atoms with Gasteiger partial charge in [-0.2, -0.15) is 0 Å². The van der Waals surface area contributed by atoms with E-state index in [9.17, 15) is 9.59 Å². The molecular weight excluding hydrogens is 252 g/mol.